The summed E-state index contributed by atoms with van der Waals surface area (Å²) >= 11 is 0. The number of terminal acetylenes is 1. The van der Waals surface area contributed by atoms with Gasteiger partial charge in [0.1, 0.15) is 25.3 Å². The summed E-state index contributed by atoms with van der Waals surface area (Å²) in [4.78, 5) is 22.7. The lowest BCUT2D eigenvalue weighted by Crippen LogP contribution is -2.39. The molecule has 0 fully saturated rings. The lowest BCUT2D eigenvalue weighted by Gasteiger charge is -2.23. The van der Waals surface area contributed by atoms with Gasteiger partial charge in [-0.2, -0.15) is 0 Å². The molecular weight excluding hydrogens is 374 g/mol. The monoisotopic (exact) mass is 398 g/mol. The Balaban J connectivity index is 4.85. The molecule has 0 rings (SSSR count). The molecule has 0 aromatic heterocycles. The van der Waals surface area contributed by atoms with E-state index in [0.717, 1.165) is 0 Å². The summed E-state index contributed by atoms with van der Waals surface area (Å²) in [6.45, 7) is 1.47. The molecule has 0 radical (unpaired) electrons. The molecule has 12 heteroatoms. The van der Waals surface area contributed by atoms with Crippen molar-refractivity contribution in [2.45, 2.75) is 32.2 Å². The minimum atomic E-state index is -4.05. The van der Waals surface area contributed by atoms with Crippen LogP contribution in [-0.2, 0) is 28.2 Å². The summed E-state index contributed by atoms with van der Waals surface area (Å²) in [6.07, 6.45) is -1.14. The SMILES string of the molecule is C#CC(F)C(O)[C@H](O)COP(=O)(NCC(=O)OCC)NCC(=O)OCC. The van der Waals surface area contributed by atoms with Gasteiger partial charge in [0.2, 0.25) is 0 Å². The van der Waals surface area contributed by atoms with E-state index in [0.29, 0.717) is 0 Å². The number of hydrogen-bond donors (Lipinski definition) is 4. The third kappa shape index (κ3) is 9.82. The largest absolute Gasteiger partial charge is 0.465 e. The van der Waals surface area contributed by atoms with Crippen LogP contribution in [0.25, 0.3) is 0 Å². The second kappa shape index (κ2) is 12.8. The lowest BCUT2D eigenvalue weighted by atomic mass is 10.1. The predicted octanol–water partition coefficient (Wildman–Crippen LogP) is -0.890. The van der Waals surface area contributed by atoms with Gasteiger partial charge in [-0.3, -0.25) is 14.2 Å². The van der Waals surface area contributed by atoms with Gasteiger partial charge in [0.15, 0.2) is 6.17 Å². The smallest absolute Gasteiger partial charge is 0.341 e. The molecule has 26 heavy (non-hydrogen) atoms. The Morgan fingerprint density at radius 1 is 1.15 bits per heavy atom. The molecule has 0 aliphatic carbocycles. The van der Waals surface area contributed by atoms with Crippen molar-refractivity contribution in [3.8, 4) is 12.3 Å². The Hall–Kier alpha value is -1.54. The Kier molecular flexibility index (Phi) is 12.0. The molecule has 0 saturated carbocycles. The topological polar surface area (TPSA) is 143 Å². The zero-order valence-corrected chi connectivity index (χ0v) is 15.4. The number of halogens is 1. The second-order valence-corrected chi connectivity index (χ2v) is 6.75. The van der Waals surface area contributed by atoms with E-state index < -0.39 is 57.7 Å². The van der Waals surface area contributed by atoms with Crippen molar-refractivity contribution in [1.29, 1.82) is 0 Å². The van der Waals surface area contributed by atoms with Gasteiger partial charge in [-0.15, -0.1) is 6.42 Å². The van der Waals surface area contributed by atoms with Crippen LogP contribution >= 0.6 is 7.67 Å². The molecule has 150 valence electrons. The number of nitrogens with one attached hydrogen (secondary N) is 2. The number of ether oxygens (including phenoxy) is 2. The maximum atomic E-state index is 13.1. The van der Waals surface area contributed by atoms with E-state index in [9.17, 15) is 28.8 Å². The first-order valence-electron chi connectivity index (χ1n) is 7.71. The molecule has 4 N–H and O–H groups in total. The van der Waals surface area contributed by atoms with Crippen LogP contribution in [0.1, 0.15) is 13.8 Å². The van der Waals surface area contributed by atoms with Gasteiger partial charge in [0.05, 0.1) is 19.8 Å². The Morgan fingerprint density at radius 3 is 2.00 bits per heavy atom. The van der Waals surface area contributed by atoms with E-state index in [-0.39, 0.29) is 13.2 Å². The molecule has 0 amide bonds. The van der Waals surface area contributed by atoms with Crippen LogP contribution in [0.2, 0.25) is 0 Å². The normalized spacial score (nSPS) is 14.8. The van der Waals surface area contributed by atoms with Gasteiger partial charge < -0.3 is 24.2 Å². The molecule has 0 saturated heterocycles. The zero-order valence-electron chi connectivity index (χ0n) is 14.5. The molecular formula is C14H24FN2O8P. The number of hydrogen-bond acceptors (Lipinski definition) is 8. The summed E-state index contributed by atoms with van der Waals surface area (Å²) in [5.41, 5.74) is 0. The molecule has 0 aromatic carbocycles. The summed E-state index contributed by atoms with van der Waals surface area (Å²) in [5, 5.41) is 23.5. The quantitative estimate of drug-likeness (QED) is 0.175. The minimum Gasteiger partial charge on any atom is -0.465 e. The highest BCUT2D eigenvalue weighted by atomic mass is 31.2. The molecule has 3 atom stereocenters. The molecule has 0 aliphatic rings. The number of aliphatic hydroxyl groups is 2. The number of esters is 2. The van der Waals surface area contributed by atoms with Crippen molar-refractivity contribution < 1.29 is 42.8 Å². The molecule has 0 aliphatic heterocycles. The second-order valence-electron chi connectivity index (χ2n) is 4.75. The van der Waals surface area contributed by atoms with Crippen molar-refractivity contribution in [3.63, 3.8) is 0 Å². The lowest BCUT2D eigenvalue weighted by molar-refractivity contribution is -0.142. The Morgan fingerprint density at radius 2 is 1.62 bits per heavy atom. The third-order valence-electron chi connectivity index (χ3n) is 2.75. The first kappa shape index (κ1) is 24.5. The summed E-state index contributed by atoms with van der Waals surface area (Å²) in [6, 6.07) is 0. The van der Waals surface area contributed by atoms with E-state index >= 15 is 0 Å². The van der Waals surface area contributed by atoms with Crippen molar-refractivity contribution >= 4 is 19.6 Å². The molecule has 0 heterocycles. The summed E-state index contributed by atoms with van der Waals surface area (Å²) < 4.78 is 40.0. The Labute approximate surface area is 150 Å². The van der Waals surface area contributed by atoms with Crippen LogP contribution in [0.5, 0.6) is 0 Å². The molecule has 0 spiro atoms. The fraction of sp³-hybridized carbons (Fsp3) is 0.714. The number of rotatable bonds is 13. The van der Waals surface area contributed by atoms with Crippen LogP contribution in [0.4, 0.5) is 4.39 Å². The van der Waals surface area contributed by atoms with Crippen molar-refractivity contribution in [2.75, 3.05) is 32.9 Å². The average molecular weight is 398 g/mol. The number of alkyl halides is 1. The van der Waals surface area contributed by atoms with Crippen LogP contribution < -0.4 is 10.2 Å². The van der Waals surface area contributed by atoms with Gasteiger partial charge in [0, 0.05) is 0 Å². The van der Waals surface area contributed by atoms with Crippen LogP contribution in [-0.4, -0.2) is 73.4 Å². The van der Waals surface area contributed by atoms with Gasteiger partial charge in [-0.1, -0.05) is 5.92 Å². The van der Waals surface area contributed by atoms with Crippen LogP contribution in [0.15, 0.2) is 0 Å². The van der Waals surface area contributed by atoms with Gasteiger partial charge in [-0.25, -0.2) is 14.6 Å². The van der Waals surface area contributed by atoms with E-state index in [2.05, 4.69) is 19.6 Å². The third-order valence-corrected chi connectivity index (χ3v) is 4.42. The summed E-state index contributed by atoms with van der Waals surface area (Å²) in [5.74, 6) is 0.107. The van der Waals surface area contributed by atoms with E-state index in [4.69, 9.17) is 10.9 Å². The predicted molar refractivity (Wildman–Crippen MR) is 88.6 cm³/mol. The maximum absolute atomic E-state index is 13.1. The first-order valence-corrected chi connectivity index (χ1v) is 9.33. The minimum absolute atomic E-state index is 0.0941. The fourth-order valence-corrected chi connectivity index (χ4v) is 2.81. The maximum Gasteiger partial charge on any atom is 0.341 e. The van der Waals surface area contributed by atoms with Gasteiger partial charge in [0.25, 0.3) is 0 Å². The average Bonchev–Trinajstić information content (AvgIpc) is 2.62. The van der Waals surface area contributed by atoms with Crippen LogP contribution in [0, 0.1) is 12.3 Å². The van der Waals surface area contributed by atoms with E-state index in [1.165, 1.54) is 0 Å². The van der Waals surface area contributed by atoms with Gasteiger partial charge in [-0.05, 0) is 13.8 Å². The zero-order chi connectivity index (χ0) is 20.2. The fourth-order valence-electron chi connectivity index (χ4n) is 1.48. The number of carbonyl (C=O) groups excluding carboxylic acids is 2. The van der Waals surface area contributed by atoms with Crippen molar-refractivity contribution in [3.05, 3.63) is 0 Å². The first-order chi connectivity index (χ1) is 12.2. The van der Waals surface area contributed by atoms with Crippen molar-refractivity contribution in [2.24, 2.45) is 0 Å². The molecule has 10 nitrogen and oxygen atoms in total. The Bertz CT molecular complexity index is 516. The van der Waals surface area contributed by atoms with E-state index in [1.54, 1.807) is 19.8 Å². The highest BCUT2D eigenvalue weighted by molar-refractivity contribution is 7.54. The van der Waals surface area contributed by atoms with Crippen LogP contribution in [0.3, 0.4) is 0 Å². The molecule has 0 bridgehead atoms. The molecule has 2 unspecified atom stereocenters. The number of aliphatic hydroxyl groups excluding tert-OH is 2. The molecule has 0 aromatic rings. The highest BCUT2D eigenvalue weighted by Gasteiger charge is 2.30. The van der Waals surface area contributed by atoms with Gasteiger partial charge >= 0.3 is 19.6 Å². The number of carbonyl (C=O) groups is 2. The van der Waals surface area contributed by atoms with Crippen molar-refractivity contribution in [1.82, 2.24) is 10.2 Å². The standard InChI is InChI=1S/C14H24FN2O8P/c1-4-10(15)14(21)11(18)9-25-26(22,16-7-12(19)23-5-2)17-8-13(20)24-6-3/h1,10-11,14,18,21H,5-9H2,2-3H3,(H2,16,17,22)/t10?,11-,14?/m1/s1. The summed E-state index contributed by atoms with van der Waals surface area (Å²) in [7, 11) is -4.05. The highest BCUT2D eigenvalue weighted by Crippen LogP contribution is 2.37. The van der Waals surface area contributed by atoms with E-state index in [1.807, 2.05) is 0 Å².